The first-order valence-corrected chi connectivity index (χ1v) is 13.2. The molecule has 0 saturated carbocycles. The van der Waals surface area contributed by atoms with Crippen molar-refractivity contribution < 1.29 is 26.7 Å². The quantitative estimate of drug-likeness (QED) is 0.577. The molecule has 1 atom stereocenters. The maximum atomic E-state index is 14.4. The second-order valence-corrected chi connectivity index (χ2v) is 11.4. The first-order valence-electron chi connectivity index (χ1n) is 11.8. The number of piperazine rings is 1. The lowest BCUT2D eigenvalue weighted by Crippen LogP contribution is -2.53. The third kappa shape index (κ3) is 5.99. The second-order valence-electron chi connectivity index (χ2n) is 9.48. The van der Waals surface area contributed by atoms with E-state index in [0.29, 0.717) is 31.7 Å². The topological polar surface area (TPSA) is 70.2 Å². The number of piperidine rings is 1. The van der Waals surface area contributed by atoms with Crippen LogP contribution in [0.1, 0.15) is 19.3 Å². The van der Waals surface area contributed by atoms with Gasteiger partial charge in [-0.2, -0.15) is 4.31 Å². The van der Waals surface area contributed by atoms with Gasteiger partial charge in [0.25, 0.3) is 0 Å². The van der Waals surface area contributed by atoms with E-state index in [1.807, 2.05) is 11.9 Å². The van der Waals surface area contributed by atoms with Crippen LogP contribution in [0.5, 0.6) is 5.75 Å². The Labute approximate surface area is 205 Å². The number of ether oxygens (including phenoxy) is 1. The van der Waals surface area contributed by atoms with E-state index in [1.165, 1.54) is 46.8 Å². The highest BCUT2D eigenvalue weighted by atomic mass is 32.2. The van der Waals surface area contributed by atoms with Gasteiger partial charge in [-0.05, 0) is 56.3 Å². The minimum Gasteiger partial charge on any atom is -0.493 e. The molecule has 0 spiro atoms. The number of nitrogens with zero attached hydrogens (tertiary/aromatic N) is 3. The minimum atomic E-state index is -4.10. The molecule has 2 saturated heterocycles. The van der Waals surface area contributed by atoms with Crippen LogP contribution >= 0.6 is 0 Å². The lowest BCUT2D eigenvalue weighted by Gasteiger charge is -2.43. The van der Waals surface area contributed by atoms with E-state index in [-0.39, 0.29) is 36.9 Å². The molecule has 0 aliphatic carbocycles. The summed E-state index contributed by atoms with van der Waals surface area (Å²) in [6, 6.07) is 10.9. The average Bonchev–Trinajstić information content (AvgIpc) is 2.84. The summed E-state index contributed by atoms with van der Waals surface area (Å²) in [6.07, 6.45) is 1.20. The Hall–Kier alpha value is -2.56. The van der Waals surface area contributed by atoms with E-state index in [4.69, 9.17) is 4.74 Å². The van der Waals surface area contributed by atoms with Crippen LogP contribution in [0, 0.1) is 17.0 Å². The molecule has 0 N–H and O–H groups in total. The van der Waals surface area contributed by atoms with E-state index >= 15 is 0 Å². The Balaban J connectivity index is 1.58. The predicted molar refractivity (Wildman–Crippen MR) is 127 cm³/mol. The van der Waals surface area contributed by atoms with Gasteiger partial charge in [-0.25, -0.2) is 17.2 Å². The molecule has 2 aromatic rings. The minimum absolute atomic E-state index is 0.0321. The van der Waals surface area contributed by atoms with Gasteiger partial charge < -0.3 is 14.5 Å². The van der Waals surface area contributed by atoms with Gasteiger partial charge in [-0.3, -0.25) is 4.79 Å². The van der Waals surface area contributed by atoms with Gasteiger partial charge in [0.1, 0.15) is 22.3 Å². The summed E-state index contributed by atoms with van der Waals surface area (Å²) >= 11 is 0. The third-order valence-electron chi connectivity index (χ3n) is 6.82. The van der Waals surface area contributed by atoms with Crippen LogP contribution in [0.3, 0.4) is 0 Å². The number of hydrogen-bond donors (Lipinski definition) is 0. The number of rotatable bonds is 7. The fraction of sp³-hybridized carbons (Fsp3) is 0.480. The van der Waals surface area contributed by atoms with Gasteiger partial charge in [0, 0.05) is 51.1 Å². The van der Waals surface area contributed by atoms with Crippen molar-refractivity contribution in [2.24, 2.45) is 5.41 Å². The molecular formula is C25H31F2N3O4S. The van der Waals surface area contributed by atoms with E-state index in [9.17, 15) is 22.0 Å². The molecule has 0 radical (unpaired) electrons. The molecule has 10 heteroatoms. The summed E-state index contributed by atoms with van der Waals surface area (Å²) in [4.78, 5) is 16.9. The number of likely N-dealkylation sites (N-methyl/N-ethyl adjacent to an activating group) is 1. The van der Waals surface area contributed by atoms with Gasteiger partial charge in [0.2, 0.25) is 15.9 Å². The number of hydrogen-bond acceptors (Lipinski definition) is 5. The van der Waals surface area contributed by atoms with Crippen LogP contribution in [0.25, 0.3) is 0 Å². The Morgan fingerprint density at radius 1 is 1.00 bits per heavy atom. The number of carbonyl (C=O) groups excluding carboxylic acids is 1. The van der Waals surface area contributed by atoms with E-state index < -0.39 is 27.1 Å². The molecule has 1 amide bonds. The lowest BCUT2D eigenvalue weighted by atomic mass is 9.78. The van der Waals surface area contributed by atoms with Crippen LogP contribution < -0.4 is 4.74 Å². The van der Waals surface area contributed by atoms with Gasteiger partial charge in [0.15, 0.2) is 0 Å². The maximum Gasteiger partial charge on any atom is 0.246 e. The van der Waals surface area contributed by atoms with Crippen molar-refractivity contribution in [2.45, 2.75) is 24.2 Å². The van der Waals surface area contributed by atoms with Crippen LogP contribution in [0.2, 0.25) is 0 Å². The summed E-state index contributed by atoms with van der Waals surface area (Å²) < 4.78 is 61.6. The third-order valence-corrected chi connectivity index (χ3v) is 8.70. The van der Waals surface area contributed by atoms with Crippen molar-refractivity contribution in [2.75, 3.05) is 52.9 Å². The van der Waals surface area contributed by atoms with Crippen molar-refractivity contribution >= 4 is 15.9 Å². The monoisotopic (exact) mass is 507 g/mol. The van der Waals surface area contributed by atoms with Crippen molar-refractivity contribution in [1.82, 2.24) is 14.1 Å². The summed E-state index contributed by atoms with van der Waals surface area (Å²) in [7, 11) is -2.09. The molecule has 1 unspecified atom stereocenters. The fourth-order valence-corrected chi connectivity index (χ4v) is 6.39. The Morgan fingerprint density at radius 3 is 2.37 bits per heavy atom. The molecule has 7 nitrogen and oxygen atoms in total. The van der Waals surface area contributed by atoms with Crippen molar-refractivity contribution in [3.8, 4) is 5.75 Å². The highest BCUT2D eigenvalue weighted by molar-refractivity contribution is 7.89. The van der Waals surface area contributed by atoms with Gasteiger partial charge in [-0.1, -0.05) is 12.1 Å². The average molecular weight is 508 g/mol. The molecular weight excluding hydrogens is 476 g/mol. The highest BCUT2D eigenvalue weighted by Gasteiger charge is 2.43. The first-order chi connectivity index (χ1) is 16.7. The Morgan fingerprint density at radius 2 is 1.69 bits per heavy atom. The zero-order chi connectivity index (χ0) is 25.1. The molecule has 4 rings (SSSR count). The molecule has 2 heterocycles. The molecule has 2 fully saturated rings. The number of amides is 1. The summed E-state index contributed by atoms with van der Waals surface area (Å²) in [5.41, 5.74) is -0.800. The lowest BCUT2D eigenvalue weighted by molar-refractivity contribution is -0.136. The zero-order valence-electron chi connectivity index (χ0n) is 19.8. The van der Waals surface area contributed by atoms with Crippen LogP contribution in [-0.2, 0) is 14.8 Å². The summed E-state index contributed by atoms with van der Waals surface area (Å²) in [5, 5.41) is 0. The van der Waals surface area contributed by atoms with Crippen molar-refractivity contribution in [1.29, 1.82) is 0 Å². The van der Waals surface area contributed by atoms with E-state index in [1.54, 1.807) is 0 Å². The molecule has 190 valence electrons. The van der Waals surface area contributed by atoms with Crippen LogP contribution in [0.4, 0.5) is 8.78 Å². The number of benzene rings is 2. The molecule has 0 bridgehead atoms. The number of carbonyl (C=O) groups is 1. The molecule has 0 aromatic heterocycles. The zero-order valence-corrected chi connectivity index (χ0v) is 20.6. The Kier molecular flexibility index (Phi) is 7.73. The summed E-state index contributed by atoms with van der Waals surface area (Å²) in [6.45, 7) is 3.13. The van der Waals surface area contributed by atoms with Gasteiger partial charge >= 0.3 is 0 Å². The predicted octanol–water partition coefficient (Wildman–Crippen LogP) is 2.98. The van der Waals surface area contributed by atoms with Gasteiger partial charge in [0.05, 0.1) is 6.61 Å². The fourth-order valence-electron chi connectivity index (χ4n) is 4.73. The smallest absolute Gasteiger partial charge is 0.246 e. The molecule has 2 aliphatic heterocycles. The largest absolute Gasteiger partial charge is 0.493 e. The number of sulfonamides is 1. The normalized spacial score (nSPS) is 22.2. The van der Waals surface area contributed by atoms with E-state index in [2.05, 4.69) is 4.90 Å². The van der Waals surface area contributed by atoms with Crippen molar-refractivity contribution in [3.63, 3.8) is 0 Å². The standard InChI is InChI=1S/C25H31F2N3O4S/c1-28-13-15-29(16-14-28)24(31)17-25(19-34-21-9-7-20(26)8-10-21)11-4-12-30(18-25)35(32,33)23-6-3-2-5-22(23)27/h2-3,5-10H,4,11-19H2,1H3. The van der Waals surface area contributed by atoms with Crippen LogP contribution in [0.15, 0.2) is 53.4 Å². The summed E-state index contributed by atoms with van der Waals surface area (Å²) in [5.74, 6) is -0.810. The number of halogens is 2. The van der Waals surface area contributed by atoms with Gasteiger partial charge in [-0.15, -0.1) is 0 Å². The van der Waals surface area contributed by atoms with Crippen molar-refractivity contribution in [3.05, 3.63) is 60.2 Å². The van der Waals surface area contributed by atoms with Crippen LogP contribution in [-0.4, -0.2) is 81.4 Å². The molecule has 35 heavy (non-hydrogen) atoms. The maximum absolute atomic E-state index is 14.4. The Bertz CT molecular complexity index is 1140. The first kappa shape index (κ1) is 25.5. The SMILES string of the molecule is CN1CCN(C(=O)CC2(COc3ccc(F)cc3)CCCN(S(=O)(=O)c3ccccc3F)C2)CC1. The molecule has 2 aliphatic rings. The molecule has 2 aromatic carbocycles. The highest BCUT2D eigenvalue weighted by Crippen LogP contribution is 2.37. The second kappa shape index (κ2) is 10.6. The van der Waals surface area contributed by atoms with E-state index in [0.717, 1.165) is 19.2 Å².